The molecule has 2 N–H and O–H groups in total. The van der Waals surface area contributed by atoms with E-state index in [4.69, 9.17) is 0 Å². The van der Waals surface area contributed by atoms with Gasteiger partial charge in [-0.25, -0.2) is 0 Å². The fourth-order valence-electron chi connectivity index (χ4n) is 3.42. The van der Waals surface area contributed by atoms with Crippen LogP contribution in [0.2, 0.25) is 0 Å². The molecule has 1 saturated carbocycles. The molecule has 1 aliphatic carbocycles. The zero-order chi connectivity index (χ0) is 13.2. The third-order valence-corrected chi connectivity index (χ3v) is 4.88. The van der Waals surface area contributed by atoms with Gasteiger partial charge in [0.05, 0.1) is 6.04 Å². The molecule has 19 heavy (non-hydrogen) atoms. The van der Waals surface area contributed by atoms with Gasteiger partial charge in [0.25, 0.3) is 0 Å². The van der Waals surface area contributed by atoms with Gasteiger partial charge < -0.3 is 10.6 Å². The van der Waals surface area contributed by atoms with E-state index in [2.05, 4.69) is 26.6 Å². The van der Waals surface area contributed by atoms with Gasteiger partial charge in [-0.1, -0.05) is 34.5 Å². The number of carbonyl (C=O) groups excluding carboxylic acids is 1. The first kappa shape index (κ1) is 13.1. The average Bonchev–Trinajstić information content (AvgIpc) is 2.98. The number of hydrogen-bond acceptors (Lipinski definition) is 2. The van der Waals surface area contributed by atoms with E-state index in [1.807, 2.05) is 24.3 Å². The van der Waals surface area contributed by atoms with Crippen LogP contribution in [0.5, 0.6) is 0 Å². The maximum Gasteiger partial charge on any atom is 0.237 e. The second kappa shape index (κ2) is 5.63. The fourth-order valence-corrected chi connectivity index (χ4v) is 3.87. The van der Waals surface area contributed by atoms with Crippen LogP contribution in [0.25, 0.3) is 0 Å². The minimum atomic E-state index is 0.0275. The summed E-state index contributed by atoms with van der Waals surface area (Å²) in [6.07, 6.45) is 3.77. The van der Waals surface area contributed by atoms with Crippen molar-refractivity contribution in [2.75, 3.05) is 6.54 Å². The first-order chi connectivity index (χ1) is 9.24. The highest BCUT2D eigenvalue weighted by molar-refractivity contribution is 9.10. The SMILES string of the molecule is O=C(NCc1cccc(Br)c1)C1NCC2CCCC21. The van der Waals surface area contributed by atoms with E-state index in [0.717, 1.165) is 22.5 Å². The highest BCUT2D eigenvalue weighted by atomic mass is 79.9. The average molecular weight is 323 g/mol. The highest BCUT2D eigenvalue weighted by Gasteiger charge is 2.42. The summed E-state index contributed by atoms with van der Waals surface area (Å²) in [7, 11) is 0. The summed E-state index contributed by atoms with van der Waals surface area (Å²) < 4.78 is 1.05. The van der Waals surface area contributed by atoms with E-state index in [1.54, 1.807) is 0 Å². The molecule has 1 saturated heterocycles. The van der Waals surface area contributed by atoms with Crippen LogP contribution in [0.4, 0.5) is 0 Å². The molecule has 1 aromatic carbocycles. The van der Waals surface area contributed by atoms with Gasteiger partial charge in [0.15, 0.2) is 0 Å². The molecule has 0 spiro atoms. The Morgan fingerprint density at radius 1 is 1.42 bits per heavy atom. The number of nitrogens with one attached hydrogen (secondary N) is 2. The Hall–Kier alpha value is -0.870. The van der Waals surface area contributed by atoms with Crippen LogP contribution in [0.15, 0.2) is 28.7 Å². The van der Waals surface area contributed by atoms with Crippen LogP contribution in [0, 0.1) is 11.8 Å². The van der Waals surface area contributed by atoms with Gasteiger partial charge >= 0.3 is 0 Å². The number of benzene rings is 1. The van der Waals surface area contributed by atoms with Crippen LogP contribution >= 0.6 is 15.9 Å². The van der Waals surface area contributed by atoms with Crippen LogP contribution in [0.3, 0.4) is 0 Å². The third kappa shape index (κ3) is 2.84. The summed E-state index contributed by atoms with van der Waals surface area (Å²) in [6.45, 7) is 1.62. The van der Waals surface area contributed by atoms with Gasteiger partial charge in [-0.15, -0.1) is 0 Å². The van der Waals surface area contributed by atoms with Gasteiger partial charge in [0.2, 0.25) is 5.91 Å². The predicted molar refractivity (Wildman–Crippen MR) is 78.6 cm³/mol. The van der Waals surface area contributed by atoms with Crippen LogP contribution in [0.1, 0.15) is 24.8 Å². The largest absolute Gasteiger partial charge is 0.351 e. The summed E-state index contributed by atoms with van der Waals surface area (Å²) >= 11 is 3.45. The van der Waals surface area contributed by atoms with E-state index in [0.29, 0.717) is 12.5 Å². The van der Waals surface area contributed by atoms with Gasteiger partial charge in [0.1, 0.15) is 0 Å². The molecular formula is C15H19BrN2O. The summed E-state index contributed by atoms with van der Waals surface area (Å²) in [5.41, 5.74) is 1.13. The van der Waals surface area contributed by atoms with Crippen molar-refractivity contribution >= 4 is 21.8 Å². The van der Waals surface area contributed by atoms with E-state index in [1.165, 1.54) is 19.3 Å². The van der Waals surface area contributed by atoms with Gasteiger partial charge in [0, 0.05) is 11.0 Å². The number of hydrogen-bond donors (Lipinski definition) is 2. The van der Waals surface area contributed by atoms with Crippen LogP contribution in [-0.2, 0) is 11.3 Å². The maximum atomic E-state index is 12.3. The van der Waals surface area contributed by atoms with Crippen molar-refractivity contribution < 1.29 is 4.79 Å². The molecule has 1 amide bonds. The number of rotatable bonds is 3. The summed E-state index contributed by atoms with van der Waals surface area (Å²) in [6, 6.07) is 8.09. The Morgan fingerprint density at radius 2 is 2.32 bits per heavy atom. The van der Waals surface area contributed by atoms with Gasteiger partial charge in [-0.05, 0) is 48.9 Å². The van der Waals surface area contributed by atoms with E-state index >= 15 is 0 Å². The molecule has 3 nitrogen and oxygen atoms in total. The van der Waals surface area contributed by atoms with Gasteiger partial charge in [-0.2, -0.15) is 0 Å². The molecular weight excluding hydrogens is 304 g/mol. The maximum absolute atomic E-state index is 12.3. The van der Waals surface area contributed by atoms with Crippen molar-refractivity contribution in [1.29, 1.82) is 0 Å². The second-order valence-corrected chi connectivity index (χ2v) is 6.50. The van der Waals surface area contributed by atoms with Crippen molar-refractivity contribution in [2.24, 2.45) is 11.8 Å². The molecule has 102 valence electrons. The number of carbonyl (C=O) groups is 1. The normalized spacial score (nSPS) is 29.2. The lowest BCUT2D eigenvalue weighted by Gasteiger charge is -2.17. The quantitative estimate of drug-likeness (QED) is 0.897. The lowest BCUT2D eigenvalue weighted by molar-refractivity contribution is -0.123. The molecule has 0 radical (unpaired) electrons. The van der Waals surface area contributed by atoms with E-state index in [-0.39, 0.29) is 11.9 Å². The molecule has 3 unspecified atom stereocenters. The van der Waals surface area contributed by atoms with Crippen molar-refractivity contribution in [1.82, 2.24) is 10.6 Å². The molecule has 1 heterocycles. The molecule has 2 aliphatic rings. The molecule has 1 aliphatic heterocycles. The zero-order valence-corrected chi connectivity index (χ0v) is 12.4. The molecule has 1 aromatic rings. The first-order valence-electron chi connectivity index (χ1n) is 6.99. The topological polar surface area (TPSA) is 41.1 Å². The van der Waals surface area contributed by atoms with Crippen LogP contribution < -0.4 is 10.6 Å². The number of fused-ring (bicyclic) bond motifs is 1. The van der Waals surface area contributed by atoms with E-state index in [9.17, 15) is 4.79 Å². The Kier molecular flexibility index (Phi) is 3.89. The van der Waals surface area contributed by atoms with Crippen molar-refractivity contribution in [3.63, 3.8) is 0 Å². The van der Waals surface area contributed by atoms with Crippen LogP contribution in [-0.4, -0.2) is 18.5 Å². The number of halogens is 1. The minimum Gasteiger partial charge on any atom is -0.351 e. The molecule has 3 rings (SSSR count). The fraction of sp³-hybridized carbons (Fsp3) is 0.533. The lowest BCUT2D eigenvalue weighted by atomic mass is 9.93. The van der Waals surface area contributed by atoms with Gasteiger partial charge in [-0.3, -0.25) is 4.79 Å². The Morgan fingerprint density at radius 3 is 3.16 bits per heavy atom. The summed E-state index contributed by atoms with van der Waals surface area (Å²) in [4.78, 5) is 12.3. The minimum absolute atomic E-state index is 0.0275. The third-order valence-electron chi connectivity index (χ3n) is 4.38. The number of amides is 1. The first-order valence-corrected chi connectivity index (χ1v) is 7.79. The highest BCUT2D eigenvalue weighted by Crippen LogP contribution is 2.37. The summed E-state index contributed by atoms with van der Waals surface area (Å²) in [5, 5.41) is 6.44. The lowest BCUT2D eigenvalue weighted by Crippen LogP contribution is -2.43. The monoisotopic (exact) mass is 322 g/mol. The molecule has 0 bridgehead atoms. The standard InChI is InChI=1S/C15H19BrN2O/c16-12-5-1-3-10(7-12)8-18-15(19)14-13-6-2-4-11(13)9-17-14/h1,3,5,7,11,13-14,17H,2,4,6,8-9H2,(H,18,19). The van der Waals surface area contributed by atoms with Crippen molar-refractivity contribution in [3.8, 4) is 0 Å². The predicted octanol–water partition coefficient (Wildman–Crippen LogP) is 2.45. The molecule has 2 fully saturated rings. The Labute approximate surface area is 122 Å². The smallest absolute Gasteiger partial charge is 0.237 e. The Bertz CT molecular complexity index is 477. The van der Waals surface area contributed by atoms with Crippen molar-refractivity contribution in [3.05, 3.63) is 34.3 Å². The van der Waals surface area contributed by atoms with E-state index < -0.39 is 0 Å². The zero-order valence-electron chi connectivity index (χ0n) is 10.9. The Balaban J connectivity index is 1.57. The van der Waals surface area contributed by atoms with Crippen molar-refractivity contribution in [2.45, 2.75) is 31.8 Å². The molecule has 4 heteroatoms. The second-order valence-electron chi connectivity index (χ2n) is 5.59. The molecule has 3 atom stereocenters. The summed E-state index contributed by atoms with van der Waals surface area (Å²) in [5.74, 6) is 1.44. The molecule has 0 aromatic heterocycles.